The van der Waals surface area contributed by atoms with Gasteiger partial charge in [-0.15, -0.1) is 0 Å². The molecule has 192 valence electrons. The lowest BCUT2D eigenvalue weighted by Gasteiger charge is -2.43. The van der Waals surface area contributed by atoms with Crippen molar-refractivity contribution in [3.05, 3.63) is 71.8 Å². The molecular formula is C28H36N4O4. The minimum atomic E-state index is -1.15. The van der Waals surface area contributed by atoms with Gasteiger partial charge in [0.1, 0.15) is 6.04 Å². The number of nitrogens with one attached hydrogen (secondary N) is 2. The molecule has 4 N–H and O–H groups in total. The highest BCUT2D eigenvalue weighted by molar-refractivity contribution is 5.92. The van der Waals surface area contributed by atoms with Crippen molar-refractivity contribution >= 4 is 17.7 Å². The standard InChI is InChI=1S/C28H36N4O4/c1-27(2,29)25(34)31-23(18-36-17-21-11-7-4-8-12-21)24(33)32-14-13-22-16-30-26(35)28(22,19-32)15-20-9-5-3-6-10-20/h3-12,22-23H,13-19,29H2,1-2H3,(H,30,35)(H,31,34). The van der Waals surface area contributed by atoms with E-state index < -0.39 is 22.9 Å². The van der Waals surface area contributed by atoms with Crippen LogP contribution in [0.4, 0.5) is 0 Å². The van der Waals surface area contributed by atoms with Crippen molar-refractivity contribution in [2.45, 2.75) is 44.9 Å². The molecule has 0 aromatic heterocycles. The molecule has 2 heterocycles. The van der Waals surface area contributed by atoms with Gasteiger partial charge in [-0.3, -0.25) is 14.4 Å². The summed E-state index contributed by atoms with van der Waals surface area (Å²) in [5.74, 6) is -0.555. The van der Waals surface area contributed by atoms with Gasteiger partial charge >= 0.3 is 0 Å². The average molecular weight is 493 g/mol. The van der Waals surface area contributed by atoms with E-state index in [1.54, 1.807) is 18.7 Å². The first-order chi connectivity index (χ1) is 17.2. The Labute approximate surface area is 212 Å². The van der Waals surface area contributed by atoms with Crippen molar-refractivity contribution < 1.29 is 19.1 Å². The second kappa shape index (κ2) is 10.8. The summed E-state index contributed by atoms with van der Waals surface area (Å²) in [7, 11) is 0. The first kappa shape index (κ1) is 25.9. The Morgan fingerprint density at radius 1 is 1.14 bits per heavy atom. The Morgan fingerprint density at radius 2 is 1.78 bits per heavy atom. The molecule has 0 saturated carbocycles. The van der Waals surface area contributed by atoms with Crippen LogP contribution in [0.25, 0.3) is 0 Å². The lowest BCUT2D eigenvalue weighted by molar-refractivity contribution is -0.146. The maximum absolute atomic E-state index is 13.8. The number of piperidine rings is 1. The molecule has 2 aromatic rings. The molecule has 3 amide bonds. The van der Waals surface area contributed by atoms with E-state index in [9.17, 15) is 14.4 Å². The first-order valence-corrected chi connectivity index (χ1v) is 12.5. The number of carbonyl (C=O) groups is 3. The van der Waals surface area contributed by atoms with Crippen LogP contribution in [-0.2, 0) is 32.1 Å². The third kappa shape index (κ3) is 5.77. The monoisotopic (exact) mass is 492 g/mol. The van der Waals surface area contributed by atoms with Crippen molar-refractivity contribution in [1.29, 1.82) is 0 Å². The lowest BCUT2D eigenvalue weighted by atomic mass is 9.69. The molecule has 2 aliphatic rings. The minimum absolute atomic E-state index is 0.00730. The molecule has 0 spiro atoms. The van der Waals surface area contributed by atoms with Crippen LogP contribution in [0.1, 0.15) is 31.4 Å². The normalized spacial score (nSPS) is 22.5. The van der Waals surface area contributed by atoms with Gasteiger partial charge in [-0.2, -0.15) is 0 Å². The molecular weight excluding hydrogens is 456 g/mol. The first-order valence-electron chi connectivity index (χ1n) is 12.5. The van der Waals surface area contributed by atoms with Crippen molar-refractivity contribution in [1.82, 2.24) is 15.5 Å². The van der Waals surface area contributed by atoms with Crippen LogP contribution in [0.5, 0.6) is 0 Å². The summed E-state index contributed by atoms with van der Waals surface area (Å²) in [5, 5.41) is 5.82. The van der Waals surface area contributed by atoms with Crippen LogP contribution in [0.3, 0.4) is 0 Å². The second-order valence-electron chi connectivity index (χ2n) is 10.5. The van der Waals surface area contributed by atoms with E-state index in [0.29, 0.717) is 39.1 Å². The molecule has 0 radical (unpaired) electrons. The van der Waals surface area contributed by atoms with Gasteiger partial charge in [0.2, 0.25) is 17.7 Å². The van der Waals surface area contributed by atoms with Crippen LogP contribution in [-0.4, -0.2) is 60.4 Å². The Morgan fingerprint density at radius 3 is 2.42 bits per heavy atom. The van der Waals surface area contributed by atoms with Gasteiger partial charge in [-0.1, -0.05) is 60.7 Å². The number of benzene rings is 2. The van der Waals surface area contributed by atoms with E-state index >= 15 is 0 Å². The molecule has 4 rings (SSSR count). The molecule has 3 atom stereocenters. The van der Waals surface area contributed by atoms with E-state index in [2.05, 4.69) is 10.6 Å². The van der Waals surface area contributed by atoms with E-state index in [1.807, 2.05) is 60.7 Å². The second-order valence-corrected chi connectivity index (χ2v) is 10.5. The third-order valence-corrected chi connectivity index (χ3v) is 7.22. The van der Waals surface area contributed by atoms with E-state index in [4.69, 9.17) is 10.5 Å². The third-order valence-electron chi connectivity index (χ3n) is 7.22. The smallest absolute Gasteiger partial charge is 0.247 e. The summed E-state index contributed by atoms with van der Waals surface area (Å²) in [6.45, 7) is 4.95. The van der Waals surface area contributed by atoms with E-state index in [1.165, 1.54) is 0 Å². The Balaban J connectivity index is 1.51. The maximum atomic E-state index is 13.8. The summed E-state index contributed by atoms with van der Waals surface area (Å²) in [4.78, 5) is 41.3. The molecule has 2 fully saturated rings. The number of hydrogen-bond acceptors (Lipinski definition) is 5. The number of carbonyl (C=O) groups excluding carboxylic acids is 3. The molecule has 2 aliphatic heterocycles. The summed E-state index contributed by atoms with van der Waals surface area (Å²) < 4.78 is 5.85. The highest BCUT2D eigenvalue weighted by Gasteiger charge is 2.54. The fraction of sp³-hybridized carbons (Fsp3) is 0.464. The number of hydrogen-bond donors (Lipinski definition) is 3. The Bertz CT molecular complexity index is 1070. The van der Waals surface area contributed by atoms with Gasteiger partial charge in [0, 0.05) is 19.6 Å². The molecule has 36 heavy (non-hydrogen) atoms. The number of nitrogens with zero attached hydrogens (tertiary/aromatic N) is 1. The predicted molar refractivity (Wildman–Crippen MR) is 137 cm³/mol. The Kier molecular flexibility index (Phi) is 7.76. The SMILES string of the molecule is CC(C)(N)C(=O)NC(COCc1ccccc1)C(=O)N1CCC2CNC(=O)C2(Cc2ccccc2)C1. The summed E-state index contributed by atoms with van der Waals surface area (Å²) in [5.41, 5.74) is 6.19. The van der Waals surface area contributed by atoms with Crippen LogP contribution < -0.4 is 16.4 Å². The maximum Gasteiger partial charge on any atom is 0.247 e. The van der Waals surface area contributed by atoms with E-state index in [0.717, 1.165) is 11.1 Å². The minimum Gasteiger partial charge on any atom is -0.374 e. The quantitative estimate of drug-likeness (QED) is 0.492. The van der Waals surface area contributed by atoms with Crippen molar-refractivity contribution in [2.24, 2.45) is 17.1 Å². The average Bonchev–Trinajstić information content (AvgIpc) is 3.18. The molecule has 0 bridgehead atoms. The van der Waals surface area contributed by atoms with Crippen molar-refractivity contribution in [3.8, 4) is 0 Å². The number of fused-ring (bicyclic) bond motifs is 1. The van der Waals surface area contributed by atoms with Gasteiger partial charge in [0.25, 0.3) is 0 Å². The van der Waals surface area contributed by atoms with Crippen LogP contribution in [0, 0.1) is 11.3 Å². The fourth-order valence-electron chi connectivity index (χ4n) is 5.12. The van der Waals surface area contributed by atoms with Crippen LogP contribution in [0.15, 0.2) is 60.7 Å². The van der Waals surface area contributed by atoms with Crippen molar-refractivity contribution in [2.75, 3.05) is 26.2 Å². The summed E-state index contributed by atoms with van der Waals surface area (Å²) >= 11 is 0. The molecule has 2 aromatic carbocycles. The van der Waals surface area contributed by atoms with Gasteiger partial charge in [-0.25, -0.2) is 0 Å². The van der Waals surface area contributed by atoms with Gasteiger partial charge in [0.15, 0.2) is 0 Å². The number of nitrogens with two attached hydrogens (primary N) is 1. The Hall–Kier alpha value is -3.23. The summed E-state index contributed by atoms with van der Waals surface area (Å²) in [6, 6.07) is 18.6. The number of ether oxygens (including phenoxy) is 1. The number of rotatable bonds is 9. The molecule has 8 nitrogen and oxygen atoms in total. The zero-order valence-electron chi connectivity index (χ0n) is 21.0. The molecule has 2 saturated heterocycles. The molecule has 0 aliphatic carbocycles. The number of likely N-dealkylation sites (tertiary alicyclic amines) is 1. The van der Waals surface area contributed by atoms with Gasteiger partial charge in [0.05, 0.1) is 24.2 Å². The van der Waals surface area contributed by atoms with Gasteiger partial charge in [-0.05, 0) is 43.7 Å². The predicted octanol–water partition coefficient (Wildman–Crippen LogP) is 1.63. The lowest BCUT2D eigenvalue weighted by Crippen LogP contribution is -2.61. The molecule has 8 heteroatoms. The highest BCUT2D eigenvalue weighted by atomic mass is 16.5. The van der Waals surface area contributed by atoms with Gasteiger partial charge < -0.3 is 26.0 Å². The zero-order chi connectivity index (χ0) is 25.8. The fourth-order valence-corrected chi connectivity index (χ4v) is 5.12. The molecule has 3 unspecified atom stereocenters. The van der Waals surface area contributed by atoms with Crippen LogP contribution in [0.2, 0.25) is 0 Å². The van der Waals surface area contributed by atoms with E-state index in [-0.39, 0.29) is 24.3 Å². The zero-order valence-corrected chi connectivity index (χ0v) is 21.0. The van der Waals surface area contributed by atoms with Crippen molar-refractivity contribution in [3.63, 3.8) is 0 Å². The van der Waals surface area contributed by atoms with Crippen LogP contribution >= 0.6 is 0 Å². The topological polar surface area (TPSA) is 114 Å². The summed E-state index contributed by atoms with van der Waals surface area (Å²) in [6.07, 6.45) is 1.27. The number of amides is 3. The largest absolute Gasteiger partial charge is 0.374 e. The highest BCUT2D eigenvalue weighted by Crippen LogP contribution is 2.42.